The molecule has 112 valence electrons. The summed E-state index contributed by atoms with van der Waals surface area (Å²) >= 11 is 5.40. The van der Waals surface area contributed by atoms with Crippen LogP contribution in [0.3, 0.4) is 0 Å². The smallest absolute Gasteiger partial charge is 0.168 e. The molecule has 1 aliphatic carbocycles. The van der Waals surface area contributed by atoms with Gasteiger partial charge in [0, 0.05) is 18.4 Å². The molecule has 0 aromatic heterocycles. The van der Waals surface area contributed by atoms with Crippen molar-refractivity contribution in [3.05, 3.63) is 22.9 Å². The van der Waals surface area contributed by atoms with Gasteiger partial charge in [-0.2, -0.15) is 0 Å². The van der Waals surface area contributed by atoms with Crippen molar-refractivity contribution in [1.82, 2.24) is 5.48 Å². The number of allylic oxidation sites excluding steroid dienone is 2. The maximum atomic E-state index is 12.2. The van der Waals surface area contributed by atoms with Gasteiger partial charge in [0.15, 0.2) is 11.6 Å². The lowest BCUT2D eigenvalue weighted by Crippen LogP contribution is -2.34. The first kappa shape index (κ1) is 16.9. The van der Waals surface area contributed by atoms with Crippen LogP contribution in [0, 0.1) is 5.41 Å². The molecule has 1 aliphatic rings. The monoisotopic (exact) mass is 299 g/mol. The first-order chi connectivity index (χ1) is 9.41. The standard InChI is InChI=1S/C15H22ClNO3/c1-4-6-11(17-20-8-5-7-16)14-12(18)9-15(2,3)10-13(14)19/h5,7,17H,4,6,8-10H2,1-3H3/b7-5+. The van der Waals surface area contributed by atoms with E-state index >= 15 is 0 Å². The SMILES string of the molecule is CCCC(NOC/C=C/Cl)=C1C(=O)CC(C)(C)CC1=O. The van der Waals surface area contributed by atoms with Crippen molar-refractivity contribution in [2.45, 2.75) is 46.5 Å². The van der Waals surface area contributed by atoms with Crippen molar-refractivity contribution >= 4 is 23.2 Å². The lowest BCUT2D eigenvalue weighted by molar-refractivity contribution is -0.127. The first-order valence-electron chi connectivity index (χ1n) is 6.84. The summed E-state index contributed by atoms with van der Waals surface area (Å²) in [6, 6.07) is 0. The van der Waals surface area contributed by atoms with Crippen molar-refractivity contribution in [3.63, 3.8) is 0 Å². The quantitative estimate of drug-likeness (QED) is 0.354. The molecule has 0 spiro atoms. The molecule has 0 aliphatic heterocycles. The van der Waals surface area contributed by atoms with E-state index in [1.807, 2.05) is 20.8 Å². The lowest BCUT2D eigenvalue weighted by atomic mass is 9.73. The van der Waals surface area contributed by atoms with Gasteiger partial charge in [-0.1, -0.05) is 38.8 Å². The summed E-state index contributed by atoms with van der Waals surface area (Å²) in [4.78, 5) is 29.6. The zero-order chi connectivity index (χ0) is 15.2. The highest BCUT2D eigenvalue weighted by molar-refractivity contribution is 6.25. The van der Waals surface area contributed by atoms with E-state index in [2.05, 4.69) is 5.48 Å². The fourth-order valence-corrected chi connectivity index (χ4v) is 2.36. The van der Waals surface area contributed by atoms with Gasteiger partial charge in [-0.15, -0.1) is 0 Å². The van der Waals surface area contributed by atoms with Crippen LogP contribution in [0.4, 0.5) is 0 Å². The molecular weight excluding hydrogens is 278 g/mol. The van der Waals surface area contributed by atoms with Gasteiger partial charge in [-0.05, 0) is 17.9 Å². The highest BCUT2D eigenvalue weighted by atomic mass is 35.5. The first-order valence-corrected chi connectivity index (χ1v) is 7.27. The van der Waals surface area contributed by atoms with Gasteiger partial charge in [0.1, 0.15) is 0 Å². The number of ketones is 2. The van der Waals surface area contributed by atoms with Gasteiger partial charge >= 0.3 is 0 Å². The van der Waals surface area contributed by atoms with Crippen molar-refractivity contribution < 1.29 is 14.4 Å². The number of hydroxylamine groups is 1. The Bertz CT molecular complexity index is 416. The van der Waals surface area contributed by atoms with E-state index in [-0.39, 0.29) is 29.2 Å². The number of hydrogen-bond acceptors (Lipinski definition) is 4. The van der Waals surface area contributed by atoms with Crippen LogP contribution in [0.15, 0.2) is 22.9 Å². The zero-order valence-electron chi connectivity index (χ0n) is 12.3. The van der Waals surface area contributed by atoms with Crippen molar-refractivity contribution in [1.29, 1.82) is 0 Å². The Hall–Kier alpha value is -1.13. The summed E-state index contributed by atoms with van der Waals surface area (Å²) in [7, 11) is 0. The summed E-state index contributed by atoms with van der Waals surface area (Å²) < 4.78 is 0. The molecule has 0 unspecified atom stereocenters. The van der Waals surface area contributed by atoms with Crippen LogP contribution >= 0.6 is 11.6 Å². The molecule has 0 heterocycles. The van der Waals surface area contributed by atoms with Gasteiger partial charge in [-0.25, -0.2) is 0 Å². The van der Waals surface area contributed by atoms with Crippen LogP contribution in [0.1, 0.15) is 46.5 Å². The number of carbonyl (C=O) groups is 2. The molecule has 1 rings (SSSR count). The van der Waals surface area contributed by atoms with Crippen LogP contribution in [0.25, 0.3) is 0 Å². The largest absolute Gasteiger partial charge is 0.294 e. The lowest BCUT2D eigenvalue weighted by Gasteiger charge is -2.29. The second kappa shape index (κ2) is 7.60. The minimum absolute atomic E-state index is 0.0984. The van der Waals surface area contributed by atoms with Crippen LogP contribution in [0.2, 0.25) is 0 Å². The maximum Gasteiger partial charge on any atom is 0.168 e. The third-order valence-corrected chi connectivity index (χ3v) is 3.28. The second-order valence-electron chi connectivity index (χ2n) is 5.74. The van der Waals surface area contributed by atoms with E-state index in [4.69, 9.17) is 16.4 Å². The average molecular weight is 300 g/mol. The van der Waals surface area contributed by atoms with Gasteiger partial charge in [0.05, 0.1) is 17.9 Å². The van der Waals surface area contributed by atoms with Crippen LogP contribution in [0.5, 0.6) is 0 Å². The topological polar surface area (TPSA) is 55.4 Å². The predicted molar refractivity (Wildman–Crippen MR) is 79.0 cm³/mol. The van der Waals surface area contributed by atoms with Gasteiger partial charge in [0.25, 0.3) is 0 Å². The zero-order valence-corrected chi connectivity index (χ0v) is 13.0. The average Bonchev–Trinajstić information content (AvgIpc) is 2.32. The molecule has 5 heteroatoms. The number of hydrogen-bond donors (Lipinski definition) is 1. The Morgan fingerprint density at radius 1 is 1.35 bits per heavy atom. The molecule has 0 radical (unpaired) electrons. The number of halogens is 1. The van der Waals surface area contributed by atoms with E-state index < -0.39 is 0 Å². The van der Waals surface area contributed by atoms with E-state index in [1.165, 1.54) is 5.54 Å². The molecular formula is C15H22ClNO3. The molecule has 0 aromatic carbocycles. The molecule has 20 heavy (non-hydrogen) atoms. The molecule has 0 atom stereocenters. The third kappa shape index (κ3) is 4.76. The number of Topliss-reactive ketones (excluding diaryl/α,β-unsaturated/α-hetero) is 2. The normalized spacial score (nSPS) is 18.7. The van der Waals surface area contributed by atoms with Crippen LogP contribution in [-0.2, 0) is 14.4 Å². The minimum Gasteiger partial charge on any atom is -0.294 e. The van der Waals surface area contributed by atoms with E-state index in [0.717, 1.165) is 6.42 Å². The number of nitrogens with one attached hydrogen (secondary N) is 1. The summed E-state index contributed by atoms with van der Waals surface area (Å²) in [5.41, 5.74) is 4.71. The highest BCUT2D eigenvalue weighted by Crippen LogP contribution is 2.34. The fraction of sp³-hybridized carbons (Fsp3) is 0.600. The Labute approximate surface area is 125 Å². The van der Waals surface area contributed by atoms with Gasteiger partial charge < -0.3 is 0 Å². The van der Waals surface area contributed by atoms with Crippen molar-refractivity contribution in [2.24, 2.45) is 5.41 Å². The van der Waals surface area contributed by atoms with E-state index in [0.29, 0.717) is 25.0 Å². The molecule has 0 amide bonds. The summed E-state index contributed by atoms with van der Waals surface area (Å²) in [6.45, 7) is 6.14. The van der Waals surface area contributed by atoms with Gasteiger partial charge in [0.2, 0.25) is 0 Å². The van der Waals surface area contributed by atoms with E-state index in [9.17, 15) is 9.59 Å². The maximum absolute atomic E-state index is 12.2. The molecule has 1 fully saturated rings. The van der Waals surface area contributed by atoms with Crippen molar-refractivity contribution in [2.75, 3.05) is 6.61 Å². The fourth-order valence-electron chi connectivity index (χ4n) is 2.29. The summed E-state index contributed by atoms with van der Waals surface area (Å²) in [5, 5.41) is 0. The molecule has 0 saturated heterocycles. The third-order valence-electron chi connectivity index (χ3n) is 3.10. The molecule has 0 bridgehead atoms. The summed E-state index contributed by atoms with van der Waals surface area (Å²) in [6.07, 6.45) is 3.84. The summed E-state index contributed by atoms with van der Waals surface area (Å²) in [5.74, 6) is -0.197. The highest BCUT2D eigenvalue weighted by Gasteiger charge is 2.37. The van der Waals surface area contributed by atoms with Gasteiger partial charge in [-0.3, -0.25) is 19.9 Å². The number of rotatable bonds is 6. The minimum atomic E-state index is -0.253. The molecule has 0 aromatic rings. The second-order valence-corrected chi connectivity index (χ2v) is 5.99. The Morgan fingerprint density at radius 3 is 2.45 bits per heavy atom. The number of carbonyl (C=O) groups excluding carboxylic acids is 2. The molecule has 4 nitrogen and oxygen atoms in total. The molecule has 1 N–H and O–H groups in total. The molecule has 1 saturated carbocycles. The van der Waals surface area contributed by atoms with E-state index in [1.54, 1.807) is 6.08 Å². The Kier molecular flexibility index (Phi) is 6.43. The van der Waals surface area contributed by atoms with Crippen molar-refractivity contribution in [3.8, 4) is 0 Å². The van der Waals surface area contributed by atoms with Crippen LogP contribution in [-0.4, -0.2) is 18.2 Å². The Morgan fingerprint density at radius 2 is 1.95 bits per heavy atom. The predicted octanol–water partition coefficient (Wildman–Crippen LogP) is 3.27. The van der Waals surface area contributed by atoms with Crippen LogP contribution < -0.4 is 5.48 Å². The Balaban J connectivity index is 2.90.